The predicted octanol–water partition coefficient (Wildman–Crippen LogP) is 1.78. The molecule has 0 aliphatic carbocycles. The van der Waals surface area contributed by atoms with Crippen LogP contribution in [0.3, 0.4) is 0 Å². The van der Waals surface area contributed by atoms with Crippen LogP contribution in [0.5, 0.6) is 0 Å². The van der Waals surface area contributed by atoms with Gasteiger partial charge >= 0.3 is 0 Å². The third-order valence-electron chi connectivity index (χ3n) is 2.45. The van der Waals surface area contributed by atoms with Crippen LogP contribution in [-0.4, -0.2) is 26.7 Å². The highest BCUT2D eigenvalue weighted by Gasteiger charge is 2.16. The van der Waals surface area contributed by atoms with Crippen molar-refractivity contribution >= 4 is 21.6 Å². The second kappa shape index (κ2) is 6.47. The van der Waals surface area contributed by atoms with E-state index in [0.717, 1.165) is 18.2 Å². The van der Waals surface area contributed by atoms with Gasteiger partial charge in [0.2, 0.25) is 10.0 Å². The monoisotopic (exact) mass is 295 g/mol. The van der Waals surface area contributed by atoms with Crippen LogP contribution < -0.4 is 4.72 Å². The van der Waals surface area contributed by atoms with Crippen LogP contribution in [-0.2, 0) is 10.0 Å². The van der Waals surface area contributed by atoms with Crippen molar-refractivity contribution < 1.29 is 17.9 Å². The molecule has 0 spiro atoms. The molecule has 0 saturated carbocycles. The maximum atomic E-state index is 12.9. The summed E-state index contributed by atoms with van der Waals surface area (Å²) in [6.07, 6.45) is 0.507. The molecule has 0 aliphatic heterocycles. The summed E-state index contributed by atoms with van der Waals surface area (Å²) in [5.74, 6) is -0.648. The van der Waals surface area contributed by atoms with Crippen LogP contribution in [0.1, 0.15) is 13.3 Å². The number of aliphatic hydroxyl groups is 1. The first kappa shape index (κ1) is 15.4. The fourth-order valence-electron chi connectivity index (χ4n) is 1.30. The zero-order valence-electron chi connectivity index (χ0n) is 9.86. The van der Waals surface area contributed by atoms with Crippen LogP contribution in [0.2, 0.25) is 5.02 Å². The lowest BCUT2D eigenvalue weighted by molar-refractivity contribution is 0.263. The van der Waals surface area contributed by atoms with E-state index in [2.05, 4.69) is 4.72 Å². The molecule has 0 aromatic heterocycles. The summed E-state index contributed by atoms with van der Waals surface area (Å²) in [4.78, 5) is -0.0786. The van der Waals surface area contributed by atoms with E-state index < -0.39 is 15.8 Å². The number of hydrogen-bond acceptors (Lipinski definition) is 3. The number of benzene rings is 1. The smallest absolute Gasteiger partial charge is 0.240 e. The fourth-order valence-corrected chi connectivity index (χ4v) is 2.74. The molecule has 102 valence electrons. The molecule has 2 N–H and O–H groups in total. The van der Waals surface area contributed by atoms with Crippen molar-refractivity contribution in [3.63, 3.8) is 0 Å². The maximum absolute atomic E-state index is 12.9. The van der Waals surface area contributed by atoms with Crippen LogP contribution in [0.15, 0.2) is 23.1 Å². The van der Waals surface area contributed by atoms with Gasteiger partial charge in [-0.05, 0) is 30.5 Å². The number of rotatable bonds is 6. The van der Waals surface area contributed by atoms with Gasteiger partial charge in [-0.3, -0.25) is 0 Å². The quantitative estimate of drug-likeness (QED) is 0.840. The average Bonchev–Trinajstić information content (AvgIpc) is 2.30. The third kappa shape index (κ3) is 4.20. The first-order valence-corrected chi connectivity index (χ1v) is 7.28. The van der Waals surface area contributed by atoms with Gasteiger partial charge in [0.25, 0.3) is 0 Å². The minimum atomic E-state index is -3.70. The molecular formula is C11H15ClFNO3S. The Labute approximate surface area is 111 Å². The van der Waals surface area contributed by atoms with Gasteiger partial charge < -0.3 is 5.11 Å². The zero-order valence-corrected chi connectivity index (χ0v) is 11.4. The number of nitrogens with one attached hydrogen (secondary N) is 1. The second-order valence-electron chi connectivity index (χ2n) is 4.05. The average molecular weight is 296 g/mol. The van der Waals surface area contributed by atoms with Gasteiger partial charge in [0, 0.05) is 13.2 Å². The second-order valence-corrected chi connectivity index (χ2v) is 6.22. The molecule has 1 atom stereocenters. The molecule has 1 rings (SSSR count). The van der Waals surface area contributed by atoms with Gasteiger partial charge in [0.15, 0.2) is 0 Å². The van der Waals surface area contributed by atoms with E-state index in [4.69, 9.17) is 16.7 Å². The van der Waals surface area contributed by atoms with Crippen molar-refractivity contribution in [2.24, 2.45) is 5.92 Å². The number of hydrogen-bond donors (Lipinski definition) is 2. The Bertz CT molecular complexity index is 507. The molecule has 1 aromatic carbocycles. The van der Waals surface area contributed by atoms with Crippen LogP contribution in [0.25, 0.3) is 0 Å². The lowest BCUT2D eigenvalue weighted by Gasteiger charge is -2.11. The Balaban J connectivity index is 2.77. The molecule has 0 amide bonds. The number of aliphatic hydroxyl groups excluding tert-OH is 1. The number of halogens is 2. The minimum absolute atomic E-state index is 0.00523. The Kier molecular flexibility index (Phi) is 5.52. The van der Waals surface area contributed by atoms with Crippen molar-refractivity contribution in [2.45, 2.75) is 18.2 Å². The molecule has 1 aromatic rings. The van der Waals surface area contributed by atoms with E-state index in [0.29, 0.717) is 6.42 Å². The summed E-state index contributed by atoms with van der Waals surface area (Å²) in [6, 6.07) is 3.23. The fraction of sp³-hybridized carbons (Fsp3) is 0.455. The SMILES string of the molecule is CC(CCO)CNS(=O)(=O)c1ccc(F)c(Cl)c1. The molecule has 1 unspecified atom stereocenters. The topological polar surface area (TPSA) is 66.4 Å². The summed E-state index contributed by atoms with van der Waals surface area (Å²) < 4.78 is 39.0. The van der Waals surface area contributed by atoms with E-state index in [9.17, 15) is 12.8 Å². The van der Waals surface area contributed by atoms with Gasteiger partial charge in [-0.1, -0.05) is 18.5 Å². The Morgan fingerprint density at radius 2 is 2.17 bits per heavy atom. The maximum Gasteiger partial charge on any atom is 0.240 e. The molecule has 4 nitrogen and oxygen atoms in total. The minimum Gasteiger partial charge on any atom is -0.396 e. The summed E-state index contributed by atoms with van der Waals surface area (Å²) in [7, 11) is -3.70. The summed E-state index contributed by atoms with van der Waals surface area (Å²) >= 11 is 5.53. The molecule has 0 saturated heterocycles. The van der Waals surface area contributed by atoms with Crippen LogP contribution in [0.4, 0.5) is 4.39 Å². The van der Waals surface area contributed by atoms with Crippen molar-refractivity contribution in [3.05, 3.63) is 29.0 Å². The Morgan fingerprint density at radius 3 is 2.72 bits per heavy atom. The predicted molar refractivity (Wildman–Crippen MR) is 67.5 cm³/mol. The van der Waals surface area contributed by atoms with E-state index in [1.54, 1.807) is 0 Å². The number of sulfonamides is 1. The molecule has 0 fully saturated rings. The summed E-state index contributed by atoms with van der Waals surface area (Å²) in [5.41, 5.74) is 0. The van der Waals surface area contributed by atoms with Crippen molar-refractivity contribution in [1.82, 2.24) is 4.72 Å². The van der Waals surface area contributed by atoms with Gasteiger partial charge in [-0.25, -0.2) is 17.5 Å². The van der Waals surface area contributed by atoms with Crippen LogP contribution in [0, 0.1) is 11.7 Å². The van der Waals surface area contributed by atoms with E-state index in [1.165, 1.54) is 0 Å². The molecule has 7 heteroatoms. The Hall–Kier alpha value is -0.690. The standard InChI is InChI=1S/C11H15ClFNO3S/c1-8(4-5-15)7-14-18(16,17)9-2-3-11(13)10(12)6-9/h2-3,6,8,14-15H,4-5,7H2,1H3. The van der Waals surface area contributed by atoms with Crippen molar-refractivity contribution in [2.75, 3.05) is 13.2 Å². The molecule has 0 aliphatic rings. The van der Waals surface area contributed by atoms with Crippen LogP contribution >= 0.6 is 11.6 Å². The van der Waals surface area contributed by atoms with E-state index in [-0.39, 0.29) is 29.0 Å². The normalized spacial score (nSPS) is 13.6. The van der Waals surface area contributed by atoms with Crippen molar-refractivity contribution in [3.8, 4) is 0 Å². The first-order valence-electron chi connectivity index (χ1n) is 5.42. The molecule has 18 heavy (non-hydrogen) atoms. The molecule has 0 heterocycles. The van der Waals surface area contributed by atoms with Gasteiger partial charge in [-0.2, -0.15) is 0 Å². The highest BCUT2D eigenvalue weighted by molar-refractivity contribution is 7.89. The first-order chi connectivity index (χ1) is 8.36. The molecular weight excluding hydrogens is 281 g/mol. The third-order valence-corrected chi connectivity index (χ3v) is 4.16. The van der Waals surface area contributed by atoms with Gasteiger partial charge in [0.05, 0.1) is 9.92 Å². The zero-order chi connectivity index (χ0) is 13.8. The van der Waals surface area contributed by atoms with E-state index >= 15 is 0 Å². The van der Waals surface area contributed by atoms with Crippen molar-refractivity contribution in [1.29, 1.82) is 0 Å². The lowest BCUT2D eigenvalue weighted by Crippen LogP contribution is -2.28. The van der Waals surface area contributed by atoms with Gasteiger partial charge in [-0.15, -0.1) is 0 Å². The highest BCUT2D eigenvalue weighted by atomic mass is 35.5. The van der Waals surface area contributed by atoms with E-state index in [1.807, 2.05) is 6.92 Å². The largest absolute Gasteiger partial charge is 0.396 e. The summed E-state index contributed by atoms with van der Waals surface area (Å²) in [5, 5.41) is 8.48. The molecule has 0 radical (unpaired) electrons. The molecule has 0 bridgehead atoms. The Morgan fingerprint density at radius 1 is 1.50 bits per heavy atom. The lowest BCUT2D eigenvalue weighted by atomic mass is 10.1. The highest BCUT2D eigenvalue weighted by Crippen LogP contribution is 2.19. The summed E-state index contributed by atoms with van der Waals surface area (Å²) in [6.45, 7) is 2.03. The van der Waals surface area contributed by atoms with Gasteiger partial charge in [0.1, 0.15) is 5.82 Å².